The quantitative estimate of drug-likeness (QED) is 0.747. The number of aliphatic imine (C=N–C) groups is 1. The van der Waals surface area contributed by atoms with Crippen LogP contribution in [0.5, 0.6) is 0 Å². The van der Waals surface area contributed by atoms with E-state index in [2.05, 4.69) is 4.99 Å². The van der Waals surface area contributed by atoms with Crippen molar-refractivity contribution in [1.29, 1.82) is 0 Å². The van der Waals surface area contributed by atoms with Gasteiger partial charge < -0.3 is 5.32 Å². The van der Waals surface area contributed by atoms with Gasteiger partial charge in [-0.15, -0.1) is 0 Å². The molecule has 0 fully saturated rings. The second-order valence-electron chi connectivity index (χ2n) is 6.96. The largest absolute Gasteiger partial charge is 0.442 e. The van der Waals surface area contributed by atoms with Crippen molar-refractivity contribution in [2.45, 2.75) is 38.0 Å². The predicted octanol–water partition coefficient (Wildman–Crippen LogP) is 3.69. The molecule has 1 N–H and O–H groups in total. The van der Waals surface area contributed by atoms with Gasteiger partial charge in [-0.2, -0.15) is 13.2 Å². The number of carbonyl (C=O) groups is 2. The Hall–Kier alpha value is -3.16. The van der Waals surface area contributed by atoms with E-state index in [1.54, 1.807) is 30.3 Å². The second-order valence-corrected chi connectivity index (χ2v) is 6.96. The third-order valence-corrected chi connectivity index (χ3v) is 4.86. The van der Waals surface area contributed by atoms with E-state index in [-0.39, 0.29) is 18.8 Å². The Balaban J connectivity index is 1.95. The maximum atomic E-state index is 14.0. The van der Waals surface area contributed by atoms with Crippen molar-refractivity contribution >= 4 is 17.6 Å². The van der Waals surface area contributed by atoms with Gasteiger partial charge in [0, 0.05) is 18.5 Å². The monoisotopic (exact) mass is 417 g/mol. The van der Waals surface area contributed by atoms with Crippen LogP contribution in [0, 0.1) is 0 Å². The lowest BCUT2D eigenvalue weighted by Gasteiger charge is -2.29. The van der Waals surface area contributed by atoms with Crippen LogP contribution in [0.2, 0.25) is 0 Å². The molecule has 1 atom stereocenters. The summed E-state index contributed by atoms with van der Waals surface area (Å²) in [5.41, 5.74) is -1.91. The fourth-order valence-corrected chi connectivity index (χ4v) is 3.29. The molecule has 0 bridgehead atoms. The summed E-state index contributed by atoms with van der Waals surface area (Å²) in [7, 11) is 0. The van der Waals surface area contributed by atoms with Crippen molar-refractivity contribution in [1.82, 2.24) is 10.2 Å². The van der Waals surface area contributed by atoms with Crippen LogP contribution in [-0.2, 0) is 16.0 Å². The number of nitrogens with one attached hydrogen (secondary N) is 1. The maximum Gasteiger partial charge on any atom is 0.442 e. The summed E-state index contributed by atoms with van der Waals surface area (Å²) in [4.78, 5) is 29.7. The van der Waals surface area contributed by atoms with Gasteiger partial charge in [-0.05, 0) is 18.4 Å². The summed E-state index contributed by atoms with van der Waals surface area (Å²) in [5.74, 6) is -2.28. The Labute approximate surface area is 172 Å². The molecule has 0 saturated heterocycles. The van der Waals surface area contributed by atoms with Gasteiger partial charge >= 0.3 is 11.8 Å². The third kappa shape index (κ3) is 4.22. The second kappa shape index (κ2) is 8.69. The lowest BCUT2D eigenvalue weighted by Crippen LogP contribution is -2.63. The average molecular weight is 417 g/mol. The molecular weight excluding hydrogens is 395 g/mol. The molecule has 0 spiro atoms. The zero-order chi connectivity index (χ0) is 21.8. The van der Waals surface area contributed by atoms with E-state index in [9.17, 15) is 22.8 Å². The molecule has 0 unspecified atom stereocenters. The standard InChI is InChI=1S/C22H22F3N3O2/c1-2-18(29)26-21(22(23,24)25)20(30)28(15-9-12-16-10-5-3-6-11-16)19(27-21)17-13-7-4-8-14-17/h3-8,10-11,13-14H,2,9,12,15H2,1H3,(H,26,29)/t21-/m1/s1. The van der Waals surface area contributed by atoms with Crippen LogP contribution in [-0.4, -0.2) is 40.9 Å². The number of rotatable bonds is 7. The molecule has 2 aromatic rings. The number of alkyl halides is 3. The number of carbonyl (C=O) groups excluding carboxylic acids is 2. The van der Waals surface area contributed by atoms with Crippen LogP contribution in [0.15, 0.2) is 65.7 Å². The highest BCUT2D eigenvalue weighted by atomic mass is 19.4. The first-order valence-electron chi connectivity index (χ1n) is 9.67. The SMILES string of the molecule is CCC(=O)N[C@@]1(C(F)(F)F)N=C(c2ccccc2)N(CCCc2ccccc2)C1=O. The molecule has 1 aliphatic heterocycles. The van der Waals surface area contributed by atoms with Crippen molar-refractivity contribution < 1.29 is 22.8 Å². The summed E-state index contributed by atoms with van der Waals surface area (Å²) in [6.07, 6.45) is -4.25. The molecule has 3 rings (SSSR count). The first kappa shape index (κ1) is 21.5. The van der Waals surface area contributed by atoms with E-state index in [4.69, 9.17) is 0 Å². The first-order chi connectivity index (χ1) is 14.3. The minimum atomic E-state index is -5.08. The molecule has 1 heterocycles. The molecule has 30 heavy (non-hydrogen) atoms. The van der Waals surface area contributed by atoms with Crippen molar-refractivity contribution in [3.05, 3.63) is 71.8 Å². The normalized spacial score (nSPS) is 19.0. The molecular formula is C22H22F3N3O2. The Morgan fingerprint density at radius 1 is 1.07 bits per heavy atom. The lowest BCUT2D eigenvalue weighted by atomic mass is 10.1. The lowest BCUT2D eigenvalue weighted by molar-refractivity contribution is -0.200. The topological polar surface area (TPSA) is 61.8 Å². The van der Waals surface area contributed by atoms with E-state index in [0.717, 1.165) is 10.5 Å². The number of amides is 2. The highest BCUT2D eigenvalue weighted by molar-refractivity contribution is 6.16. The maximum absolute atomic E-state index is 14.0. The third-order valence-electron chi connectivity index (χ3n) is 4.86. The van der Waals surface area contributed by atoms with Gasteiger partial charge in [0.15, 0.2) is 0 Å². The predicted molar refractivity (Wildman–Crippen MR) is 107 cm³/mol. The number of hydrogen-bond donors (Lipinski definition) is 1. The van der Waals surface area contributed by atoms with Gasteiger partial charge in [-0.3, -0.25) is 14.5 Å². The van der Waals surface area contributed by atoms with Crippen LogP contribution in [0.25, 0.3) is 0 Å². The van der Waals surface area contributed by atoms with Crippen LogP contribution in [0.4, 0.5) is 13.2 Å². The van der Waals surface area contributed by atoms with Crippen LogP contribution >= 0.6 is 0 Å². The summed E-state index contributed by atoms with van der Waals surface area (Å²) >= 11 is 0. The summed E-state index contributed by atoms with van der Waals surface area (Å²) < 4.78 is 42.1. The summed E-state index contributed by atoms with van der Waals surface area (Å²) in [5, 5.41) is 1.83. The Morgan fingerprint density at radius 3 is 2.23 bits per heavy atom. The fourth-order valence-electron chi connectivity index (χ4n) is 3.29. The zero-order valence-corrected chi connectivity index (χ0v) is 16.4. The van der Waals surface area contributed by atoms with Gasteiger partial charge in [-0.25, -0.2) is 4.99 Å². The van der Waals surface area contributed by atoms with Crippen LogP contribution in [0.3, 0.4) is 0 Å². The van der Waals surface area contributed by atoms with Crippen molar-refractivity contribution in [2.75, 3.05) is 6.54 Å². The van der Waals surface area contributed by atoms with Gasteiger partial charge in [0.1, 0.15) is 5.84 Å². The van der Waals surface area contributed by atoms with E-state index in [0.29, 0.717) is 18.4 Å². The van der Waals surface area contributed by atoms with Gasteiger partial charge in [-0.1, -0.05) is 67.6 Å². The molecule has 0 aromatic heterocycles. The average Bonchev–Trinajstić information content (AvgIpc) is 3.02. The number of nitrogens with zero attached hydrogens (tertiary/aromatic N) is 2. The number of aryl methyl sites for hydroxylation is 1. The Bertz CT molecular complexity index is 930. The highest BCUT2D eigenvalue weighted by Gasteiger charge is 2.66. The summed E-state index contributed by atoms with van der Waals surface area (Å²) in [6, 6.07) is 17.7. The van der Waals surface area contributed by atoms with Gasteiger partial charge in [0.05, 0.1) is 0 Å². The van der Waals surface area contributed by atoms with Crippen molar-refractivity contribution in [2.24, 2.45) is 4.99 Å². The van der Waals surface area contributed by atoms with E-state index in [1.165, 1.54) is 6.92 Å². The molecule has 2 aromatic carbocycles. The van der Waals surface area contributed by atoms with E-state index < -0.39 is 23.7 Å². The van der Waals surface area contributed by atoms with Crippen molar-refractivity contribution in [3.8, 4) is 0 Å². The first-order valence-corrected chi connectivity index (χ1v) is 9.67. The van der Waals surface area contributed by atoms with Crippen LogP contribution < -0.4 is 5.32 Å². The van der Waals surface area contributed by atoms with E-state index >= 15 is 0 Å². The number of benzene rings is 2. The molecule has 5 nitrogen and oxygen atoms in total. The minimum absolute atomic E-state index is 0.0429. The molecule has 1 aliphatic rings. The number of amidine groups is 1. The minimum Gasteiger partial charge on any atom is -0.316 e. The molecule has 0 radical (unpaired) electrons. The zero-order valence-electron chi connectivity index (χ0n) is 16.4. The molecule has 0 saturated carbocycles. The van der Waals surface area contributed by atoms with Gasteiger partial charge in [0.2, 0.25) is 5.91 Å². The van der Waals surface area contributed by atoms with Crippen molar-refractivity contribution in [3.63, 3.8) is 0 Å². The fraction of sp³-hybridized carbons (Fsp3) is 0.318. The van der Waals surface area contributed by atoms with Gasteiger partial charge in [0.25, 0.3) is 5.91 Å². The Kier molecular flexibility index (Phi) is 6.24. The van der Waals surface area contributed by atoms with Crippen LogP contribution in [0.1, 0.15) is 30.9 Å². The summed E-state index contributed by atoms with van der Waals surface area (Å²) in [6.45, 7) is 1.46. The molecule has 158 valence electrons. The molecule has 2 amide bonds. The number of halogens is 3. The highest BCUT2D eigenvalue weighted by Crippen LogP contribution is 2.38. The molecule has 8 heteroatoms. The number of hydrogen-bond acceptors (Lipinski definition) is 3. The smallest absolute Gasteiger partial charge is 0.316 e. The Morgan fingerprint density at radius 2 is 1.67 bits per heavy atom. The molecule has 0 aliphatic carbocycles. The van der Waals surface area contributed by atoms with E-state index in [1.807, 2.05) is 35.6 Å².